The first-order valence-electron chi connectivity index (χ1n) is 7.77. The summed E-state index contributed by atoms with van der Waals surface area (Å²) < 4.78 is 2.06. The van der Waals surface area contributed by atoms with Gasteiger partial charge in [0, 0.05) is 12.1 Å². The molecule has 3 rings (SSSR count). The van der Waals surface area contributed by atoms with Crippen LogP contribution in [0.3, 0.4) is 0 Å². The predicted molar refractivity (Wildman–Crippen MR) is 83.7 cm³/mol. The number of likely N-dealkylation sites (tertiary alicyclic amines) is 1. The summed E-state index contributed by atoms with van der Waals surface area (Å²) in [6.45, 7) is 5.80. The SMILES string of the molecule is CC1CCCC(C)N1Cc1nc2ccccc2n1CC#N. The number of benzene rings is 1. The van der Waals surface area contributed by atoms with Gasteiger partial charge in [-0.15, -0.1) is 0 Å². The van der Waals surface area contributed by atoms with Gasteiger partial charge in [-0.3, -0.25) is 4.90 Å². The van der Waals surface area contributed by atoms with E-state index in [4.69, 9.17) is 10.2 Å². The molecule has 21 heavy (non-hydrogen) atoms. The molecule has 0 N–H and O–H groups in total. The molecule has 0 radical (unpaired) electrons. The van der Waals surface area contributed by atoms with E-state index in [0.717, 1.165) is 23.4 Å². The molecule has 1 fully saturated rings. The van der Waals surface area contributed by atoms with Crippen molar-refractivity contribution in [3.8, 4) is 6.07 Å². The molecule has 0 bridgehead atoms. The van der Waals surface area contributed by atoms with Crippen LogP contribution in [0.5, 0.6) is 0 Å². The molecule has 2 aromatic rings. The van der Waals surface area contributed by atoms with E-state index < -0.39 is 0 Å². The summed E-state index contributed by atoms with van der Waals surface area (Å²) in [6, 6.07) is 11.5. The Kier molecular flexibility index (Phi) is 3.94. The summed E-state index contributed by atoms with van der Waals surface area (Å²) in [6.07, 6.45) is 3.82. The zero-order valence-electron chi connectivity index (χ0n) is 12.8. The van der Waals surface area contributed by atoms with Gasteiger partial charge in [-0.25, -0.2) is 4.98 Å². The second-order valence-electron chi connectivity index (χ2n) is 6.06. The van der Waals surface area contributed by atoms with Crippen molar-refractivity contribution in [2.75, 3.05) is 0 Å². The van der Waals surface area contributed by atoms with Crippen LogP contribution in [0.1, 0.15) is 38.9 Å². The Morgan fingerprint density at radius 1 is 1.24 bits per heavy atom. The van der Waals surface area contributed by atoms with Gasteiger partial charge in [-0.05, 0) is 38.8 Å². The van der Waals surface area contributed by atoms with Gasteiger partial charge in [0.05, 0.1) is 23.6 Å². The third-order valence-corrected chi connectivity index (χ3v) is 4.66. The minimum atomic E-state index is 0.368. The molecule has 4 heteroatoms. The lowest BCUT2D eigenvalue weighted by atomic mass is 9.97. The summed E-state index contributed by atoms with van der Waals surface area (Å²) in [5.41, 5.74) is 2.05. The standard InChI is InChI=1S/C17H22N4/c1-13-6-5-7-14(2)21(13)12-17-19-15-8-3-4-9-16(15)20(17)11-10-18/h3-4,8-9,13-14H,5-7,11-12H2,1-2H3. The Morgan fingerprint density at radius 3 is 2.67 bits per heavy atom. The maximum absolute atomic E-state index is 9.12. The molecule has 2 heterocycles. The van der Waals surface area contributed by atoms with Crippen molar-refractivity contribution in [1.82, 2.24) is 14.5 Å². The Balaban J connectivity index is 1.96. The number of imidazole rings is 1. The highest BCUT2D eigenvalue weighted by molar-refractivity contribution is 5.76. The first-order chi connectivity index (χ1) is 10.2. The topological polar surface area (TPSA) is 44.9 Å². The molecule has 0 amide bonds. The highest BCUT2D eigenvalue weighted by atomic mass is 15.2. The van der Waals surface area contributed by atoms with Gasteiger partial charge in [-0.1, -0.05) is 18.6 Å². The van der Waals surface area contributed by atoms with E-state index in [0.29, 0.717) is 18.6 Å². The van der Waals surface area contributed by atoms with Crippen LogP contribution in [0.25, 0.3) is 11.0 Å². The molecule has 2 atom stereocenters. The summed E-state index contributed by atoms with van der Waals surface area (Å²) >= 11 is 0. The monoisotopic (exact) mass is 282 g/mol. The lowest BCUT2D eigenvalue weighted by molar-refractivity contribution is 0.0913. The number of nitriles is 1. The van der Waals surface area contributed by atoms with E-state index >= 15 is 0 Å². The number of nitrogens with zero attached hydrogens (tertiary/aromatic N) is 4. The molecular formula is C17H22N4. The zero-order chi connectivity index (χ0) is 14.8. The average molecular weight is 282 g/mol. The summed E-state index contributed by atoms with van der Waals surface area (Å²) in [4.78, 5) is 7.29. The van der Waals surface area contributed by atoms with Gasteiger partial charge in [0.2, 0.25) is 0 Å². The Bertz CT molecular complexity index is 657. The van der Waals surface area contributed by atoms with E-state index in [1.807, 2.05) is 24.3 Å². The Morgan fingerprint density at radius 2 is 1.95 bits per heavy atom. The number of fused-ring (bicyclic) bond motifs is 1. The molecule has 2 unspecified atom stereocenters. The van der Waals surface area contributed by atoms with Crippen LogP contribution in [0.4, 0.5) is 0 Å². The van der Waals surface area contributed by atoms with Crippen LogP contribution in [-0.2, 0) is 13.1 Å². The molecule has 1 aromatic carbocycles. The third kappa shape index (κ3) is 2.66. The molecule has 1 aliphatic heterocycles. The molecular weight excluding hydrogens is 260 g/mol. The second kappa shape index (κ2) is 5.87. The number of hydrogen-bond acceptors (Lipinski definition) is 3. The molecule has 1 aromatic heterocycles. The van der Waals surface area contributed by atoms with Crippen LogP contribution in [0.2, 0.25) is 0 Å². The summed E-state index contributed by atoms with van der Waals surface area (Å²) in [5.74, 6) is 1.01. The van der Waals surface area contributed by atoms with Crippen LogP contribution in [0.15, 0.2) is 24.3 Å². The first-order valence-corrected chi connectivity index (χ1v) is 7.77. The van der Waals surface area contributed by atoms with Crippen LogP contribution in [-0.4, -0.2) is 26.5 Å². The van der Waals surface area contributed by atoms with Crippen LogP contribution >= 0.6 is 0 Å². The summed E-state index contributed by atoms with van der Waals surface area (Å²) in [5, 5.41) is 9.12. The van der Waals surface area contributed by atoms with Crippen molar-refractivity contribution in [3.05, 3.63) is 30.1 Å². The largest absolute Gasteiger partial charge is 0.313 e. The fourth-order valence-electron chi connectivity index (χ4n) is 3.44. The van der Waals surface area contributed by atoms with Crippen LogP contribution in [0, 0.1) is 11.3 Å². The maximum Gasteiger partial charge on any atom is 0.125 e. The van der Waals surface area contributed by atoms with E-state index in [1.165, 1.54) is 19.3 Å². The van der Waals surface area contributed by atoms with Gasteiger partial charge in [0.25, 0.3) is 0 Å². The van der Waals surface area contributed by atoms with E-state index in [9.17, 15) is 0 Å². The Hall–Kier alpha value is -1.86. The van der Waals surface area contributed by atoms with Crippen molar-refractivity contribution in [2.45, 2.75) is 58.3 Å². The quantitative estimate of drug-likeness (QED) is 0.867. The van der Waals surface area contributed by atoms with E-state index in [1.54, 1.807) is 0 Å². The lowest BCUT2D eigenvalue weighted by Gasteiger charge is -2.38. The van der Waals surface area contributed by atoms with Gasteiger partial charge < -0.3 is 4.57 Å². The molecule has 1 saturated heterocycles. The van der Waals surface area contributed by atoms with Gasteiger partial charge >= 0.3 is 0 Å². The molecule has 0 saturated carbocycles. The highest BCUT2D eigenvalue weighted by Gasteiger charge is 2.26. The van der Waals surface area contributed by atoms with Crippen molar-refractivity contribution < 1.29 is 0 Å². The van der Waals surface area contributed by atoms with Gasteiger partial charge in [0.1, 0.15) is 12.4 Å². The van der Waals surface area contributed by atoms with Crippen LogP contribution < -0.4 is 0 Å². The normalized spacial score (nSPS) is 23.3. The molecule has 1 aliphatic rings. The number of piperidine rings is 1. The van der Waals surface area contributed by atoms with Gasteiger partial charge in [-0.2, -0.15) is 5.26 Å². The number of aromatic nitrogens is 2. The number of hydrogen-bond donors (Lipinski definition) is 0. The highest BCUT2D eigenvalue weighted by Crippen LogP contribution is 2.25. The number of para-hydroxylation sites is 2. The molecule has 4 nitrogen and oxygen atoms in total. The van der Waals surface area contributed by atoms with Crippen molar-refractivity contribution in [3.63, 3.8) is 0 Å². The van der Waals surface area contributed by atoms with E-state index in [2.05, 4.69) is 29.4 Å². The summed E-state index contributed by atoms with van der Waals surface area (Å²) in [7, 11) is 0. The van der Waals surface area contributed by atoms with Crippen molar-refractivity contribution in [1.29, 1.82) is 5.26 Å². The molecule has 0 spiro atoms. The smallest absolute Gasteiger partial charge is 0.125 e. The molecule has 0 aliphatic carbocycles. The lowest BCUT2D eigenvalue weighted by Crippen LogP contribution is -2.43. The average Bonchev–Trinajstić information content (AvgIpc) is 2.82. The van der Waals surface area contributed by atoms with Crippen molar-refractivity contribution in [2.24, 2.45) is 0 Å². The maximum atomic E-state index is 9.12. The second-order valence-corrected chi connectivity index (χ2v) is 6.06. The predicted octanol–water partition coefficient (Wildman–Crippen LogP) is 3.32. The fraction of sp³-hybridized carbons (Fsp3) is 0.529. The molecule has 110 valence electrons. The minimum absolute atomic E-state index is 0.368. The minimum Gasteiger partial charge on any atom is -0.313 e. The first kappa shape index (κ1) is 14.1. The zero-order valence-corrected chi connectivity index (χ0v) is 12.8. The van der Waals surface area contributed by atoms with Crippen molar-refractivity contribution >= 4 is 11.0 Å². The fourth-order valence-corrected chi connectivity index (χ4v) is 3.44. The van der Waals surface area contributed by atoms with E-state index in [-0.39, 0.29) is 0 Å². The number of rotatable bonds is 3. The van der Waals surface area contributed by atoms with Gasteiger partial charge in [0.15, 0.2) is 0 Å². The Labute approximate surface area is 126 Å². The third-order valence-electron chi connectivity index (χ3n) is 4.66.